The standard InChI is InChI=1S/C19H17NO3S/c1-14-6-9-16-4-2-3-5-18(16)19(14)12-20-24(22,23)17-10-7-15(13-21)8-11-17/h2-12,21H,13H2,1H3/b20-12+. The van der Waals surface area contributed by atoms with Crippen molar-refractivity contribution < 1.29 is 13.5 Å². The number of fused-ring (bicyclic) bond motifs is 1. The minimum absolute atomic E-state index is 0.105. The molecule has 0 aliphatic rings. The molecular weight excluding hydrogens is 322 g/mol. The third kappa shape index (κ3) is 3.22. The van der Waals surface area contributed by atoms with Crippen molar-refractivity contribution in [2.45, 2.75) is 18.4 Å². The van der Waals surface area contributed by atoms with Gasteiger partial charge in [-0.15, -0.1) is 0 Å². The first-order chi connectivity index (χ1) is 11.5. The van der Waals surface area contributed by atoms with E-state index >= 15 is 0 Å². The minimum Gasteiger partial charge on any atom is -0.392 e. The van der Waals surface area contributed by atoms with E-state index in [-0.39, 0.29) is 11.5 Å². The Balaban J connectivity index is 2.02. The molecule has 0 unspecified atom stereocenters. The fourth-order valence-electron chi connectivity index (χ4n) is 2.53. The number of hydrogen-bond donors (Lipinski definition) is 1. The van der Waals surface area contributed by atoms with Crippen molar-refractivity contribution in [1.29, 1.82) is 0 Å². The SMILES string of the molecule is Cc1ccc2ccccc2c1/C=N/S(=O)(=O)c1ccc(CO)cc1. The number of benzene rings is 3. The molecule has 24 heavy (non-hydrogen) atoms. The number of nitrogens with zero attached hydrogens (tertiary/aromatic N) is 1. The topological polar surface area (TPSA) is 66.7 Å². The van der Waals surface area contributed by atoms with Gasteiger partial charge in [-0.25, -0.2) is 0 Å². The maximum atomic E-state index is 12.4. The second-order valence-electron chi connectivity index (χ2n) is 5.53. The van der Waals surface area contributed by atoms with Crippen LogP contribution in [-0.4, -0.2) is 19.7 Å². The molecule has 3 rings (SSSR count). The van der Waals surface area contributed by atoms with Gasteiger partial charge in [0.1, 0.15) is 0 Å². The molecule has 0 spiro atoms. The zero-order chi connectivity index (χ0) is 17.2. The number of aryl methyl sites for hydroxylation is 1. The summed E-state index contributed by atoms with van der Waals surface area (Å²) < 4.78 is 28.6. The Kier molecular flexibility index (Phi) is 4.46. The molecule has 0 fully saturated rings. The van der Waals surface area contributed by atoms with Crippen LogP contribution in [-0.2, 0) is 16.6 Å². The van der Waals surface area contributed by atoms with Crippen LogP contribution in [0.15, 0.2) is 70.0 Å². The van der Waals surface area contributed by atoms with Crippen LogP contribution in [0.25, 0.3) is 10.8 Å². The van der Waals surface area contributed by atoms with E-state index in [0.29, 0.717) is 5.56 Å². The lowest BCUT2D eigenvalue weighted by atomic mass is 10.0. The van der Waals surface area contributed by atoms with Crippen LogP contribution < -0.4 is 0 Å². The van der Waals surface area contributed by atoms with E-state index in [4.69, 9.17) is 5.11 Å². The summed E-state index contributed by atoms with van der Waals surface area (Å²) in [5.41, 5.74) is 2.41. The molecule has 0 aromatic heterocycles. The summed E-state index contributed by atoms with van der Waals surface area (Å²) in [6, 6.07) is 17.8. The van der Waals surface area contributed by atoms with Gasteiger partial charge in [0.25, 0.3) is 10.0 Å². The molecule has 3 aromatic carbocycles. The highest BCUT2D eigenvalue weighted by Crippen LogP contribution is 2.21. The number of sulfonamides is 1. The van der Waals surface area contributed by atoms with E-state index in [1.807, 2.05) is 43.3 Å². The summed E-state index contributed by atoms with van der Waals surface area (Å²) in [7, 11) is -3.78. The average molecular weight is 339 g/mol. The Labute approximate surface area is 141 Å². The molecule has 5 heteroatoms. The van der Waals surface area contributed by atoms with Crippen LogP contribution in [0.2, 0.25) is 0 Å². The smallest absolute Gasteiger partial charge is 0.282 e. The molecule has 1 N–H and O–H groups in total. The first-order valence-electron chi connectivity index (χ1n) is 7.50. The lowest BCUT2D eigenvalue weighted by Crippen LogP contribution is -1.99. The summed E-state index contributed by atoms with van der Waals surface area (Å²) in [4.78, 5) is 0.105. The van der Waals surface area contributed by atoms with Crippen molar-refractivity contribution in [3.8, 4) is 0 Å². The zero-order valence-electron chi connectivity index (χ0n) is 13.2. The largest absolute Gasteiger partial charge is 0.392 e. The monoisotopic (exact) mass is 339 g/mol. The van der Waals surface area contributed by atoms with Gasteiger partial charge in [0.05, 0.1) is 11.5 Å². The normalized spacial score (nSPS) is 12.1. The molecule has 4 nitrogen and oxygen atoms in total. The second-order valence-corrected chi connectivity index (χ2v) is 7.16. The molecule has 122 valence electrons. The second kappa shape index (κ2) is 6.55. The van der Waals surface area contributed by atoms with Crippen molar-refractivity contribution in [3.05, 3.63) is 77.4 Å². The summed E-state index contributed by atoms with van der Waals surface area (Å²) in [6.07, 6.45) is 1.41. The van der Waals surface area contributed by atoms with Crippen LogP contribution >= 0.6 is 0 Å². The van der Waals surface area contributed by atoms with E-state index in [9.17, 15) is 8.42 Å². The zero-order valence-corrected chi connectivity index (χ0v) is 14.0. The quantitative estimate of drug-likeness (QED) is 0.740. The van der Waals surface area contributed by atoms with Crippen LogP contribution in [0.1, 0.15) is 16.7 Å². The van der Waals surface area contributed by atoms with Gasteiger partial charge in [-0.1, -0.05) is 48.5 Å². The Morgan fingerprint density at radius 1 is 1.00 bits per heavy atom. The van der Waals surface area contributed by atoms with E-state index in [1.54, 1.807) is 12.1 Å². The third-order valence-corrected chi connectivity index (χ3v) is 5.16. The first-order valence-corrected chi connectivity index (χ1v) is 8.94. The summed E-state index contributed by atoms with van der Waals surface area (Å²) >= 11 is 0. The van der Waals surface area contributed by atoms with Gasteiger partial charge in [0.15, 0.2) is 0 Å². The van der Waals surface area contributed by atoms with Crippen LogP contribution in [0, 0.1) is 6.92 Å². The van der Waals surface area contributed by atoms with E-state index in [0.717, 1.165) is 21.9 Å². The van der Waals surface area contributed by atoms with E-state index in [1.165, 1.54) is 18.3 Å². The summed E-state index contributed by atoms with van der Waals surface area (Å²) in [5.74, 6) is 0. The van der Waals surface area contributed by atoms with Crippen LogP contribution in [0.5, 0.6) is 0 Å². The Morgan fingerprint density at radius 2 is 1.71 bits per heavy atom. The lowest BCUT2D eigenvalue weighted by Gasteiger charge is -2.06. The number of aliphatic hydroxyl groups excluding tert-OH is 1. The number of hydrogen-bond acceptors (Lipinski definition) is 3. The van der Waals surface area contributed by atoms with Crippen molar-refractivity contribution in [3.63, 3.8) is 0 Å². The molecular formula is C19H17NO3S. The Hall–Kier alpha value is -2.50. The molecule has 0 amide bonds. The number of rotatable bonds is 4. The molecule has 3 aromatic rings. The predicted octanol–water partition coefficient (Wildman–Crippen LogP) is 3.45. The van der Waals surface area contributed by atoms with Gasteiger partial charge >= 0.3 is 0 Å². The first kappa shape index (κ1) is 16.4. The highest BCUT2D eigenvalue weighted by Gasteiger charge is 2.12. The van der Waals surface area contributed by atoms with Gasteiger partial charge in [-0.2, -0.15) is 12.8 Å². The highest BCUT2D eigenvalue weighted by atomic mass is 32.2. The molecule has 0 heterocycles. The molecule has 0 aliphatic carbocycles. The lowest BCUT2D eigenvalue weighted by molar-refractivity contribution is 0.282. The van der Waals surface area contributed by atoms with Gasteiger partial charge in [0.2, 0.25) is 0 Å². The maximum Gasteiger partial charge on any atom is 0.282 e. The number of aliphatic hydroxyl groups is 1. The average Bonchev–Trinajstić information content (AvgIpc) is 2.61. The maximum absolute atomic E-state index is 12.4. The molecule has 0 saturated heterocycles. The predicted molar refractivity (Wildman–Crippen MR) is 95.8 cm³/mol. The van der Waals surface area contributed by atoms with Crippen molar-refractivity contribution in [2.75, 3.05) is 0 Å². The highest BCUT2D eigenvalue weighted by molar-refractivity contribution is 7.90. The summed E-state index contributed by atoms with van der Waals surface area (Å²) in [5, 5.41) is 11.0. The van der Waals surface area contributed by atoms with Crippen molar-refractivity contribution >= 4 is 27.0 Å². The van der Waals surface area contributed by atoms with Gasteiger partial charge in [-0.3, -0.25) is 0 Å². The van der Waals surface area contributed by atoms with Gasteiger partial charge < -0.3 is 5.11 Å². The molecule has 0 aliphatic heterocycles. The van der Waals surface area contributed by atoms with Crippen molar-refractivity contribution in [2.24, 2.45) is 4.40 Å². The van der Waals surface area contributed by atoms with Gasteiger partial charge in [-0.05, 0) is 41.0 Å². The van der Waals surface area contributed by atoms with Crippen molar-refractivity contribution in [1.82, 2.24) is 0 Å². The molecule has 0 atom stereocenters. The van der Waals surface area contributed by atoms with E-state index < -0.39 is 10.0 Å². The van der Waals surface area contributed by atoms with E-state index in [2.05, 4.69) is 4.40 Å². The fourth-order valence-corrected chi connectivity index (χ4v) is 3.37. The van der Waals surface area contributed by atoms with Crippen LogP contribution in [0.4, 0.5) is 0 Å². The van der Waals surface area contributed by atoms with Gasteiger partial charge in [0, 0.05) is 11.8 Å². The third-order valence-electron chi connectivity index (χ3n) is 3.91. The minimum atomic E-state index is -3.78. The summed E-state index contributed by atoms with van der Waals surface area (Å²) in [6.45, 7) is 1.80. The fraction of sp³-hybridized carbons (Fsp3) is 0.105. The molecule has 0 bridgehead atoms. The van der Waals surface area contributed by atoms with Crippen LogP contribution in [0.3, 0.4) is 0 Å². The Bertz CT molecular complexity index is 1010. The Morgan fingerprint density at radius 3 is 2.42 bits per heavy atom. The molecule has 0 radical (unpaired) electrons. The molecule has 0 saturated carbocycles.